The predicted octanol–water partition coefficient (Wildman–Crippen LogP) is 0.821. The Morgan fingerprint density at radius 1 is 1.32 bits per heavy atom. The molecule has 0 aliphatic carbocycles. The Bertz CT molecular complexity index is 627. The normalized spacial score (nSPS) is 16.4. The summed E-state index contributed by atoms with van der Waals surface area (Å²) in [5, 5.41) is 0. The van der Waals surface area contributed by atoms with Gasteiger partial charge < -0.3 is 9.64 Å². The van der Waals surface area contributed by atoms with Crippen LogP contribution in [0.25, 0.3) is 0 Å². The van der Waals surface area contributed by atoms with E-state index in [-0.39, 0.29) is 18.9 Å². The van der Waals surface area contributed by atoms with Crippen molar-refractivity contribution in [1.82, 2.24) is 14.2 Å². The zero-order valence-corrected chi connectivity index (χ0v) is 13.5. The summed E-state index contributed by atoms with van der Waals surface area (Å²) < 4.78 is 33.3. The number of carbonyl (C=O) groups excluding carboxylic acids is 1. The number of piperazine rings is 1. The minimum Gasteiger partial charge on any atom is -0.450 e. The van der Waals surface area contributed by atoms with E-state index in [1.54, 1.807) is 32.0 Å². The Labute approximate surface area is 130 Å². The number of carbonyl (C=O) groups is 1. The number of aryl methyl sites for hydroxylation is 1. The molecule has 1 N–H and O–H groups in total. The van der Waals surface area contributed by atoms with Crippen LogP contribution in [0.5, 0.6) is 0 Å². The van der Waals surface area contributed by atoms with E-state index >= 15 is 0 Å². The monoisotopic (exact) mass is 328 g/mol. The summed E-state index contributed by atoms with van der Waals surface area (Å²) in [6.45, 7) is 4.88. The zero-order valence-electron chi connectivity index (χ0n) is 12.7. The molecule has 0 radical (unpaired) electrons. The van der Waals surface area contributed by atoms with E-state index in [4.69, 9.17) is 4.74 Å². The minimum absolute atomic E-state index is 0.222. The van der Waals surface area contributed by atoms with Crippen LogP contribution in [-0.4, -0.2) is 61.5 Å². The molecule has 0 atom stereocenters. The van der Waals surface area contributed by atoms with Crippen molar-refractivity contribution >= 4 is 22.1 Å². The fraction of sp³-hybridized carbons (Fsp3) is 0.538. The first-order valence-corrected chi connectivity index (χ1v) is 8.49. The number of rotatable bonds is 4. The van der Waals surface area contributed by atoms with Crippen LogP contribution in [0, 0.1) is 6.92 Å². The molecule has 1 fully saturated rings. The lowest BCUT2D eigenvalue weighted by Crippen LogP contribution is -2.52. The molecule has 2 rings (SSSR count). The summed E-state index contributed by atoms with van der Waals surface area (Å²) in [5.74, 6) is 0.285. The van der Waals surface area contributed by atoms with E-state index in [1.807, 2.05) is 0 Å². The lowest BCUT2D eigenvalue weighted by molar-refractivity contribution is 0.0935. The minimum atomic E-state index is -3.67. The van der Waals surface area contributed by atoms with Crippen LogP contribution in [0.3, 0.4) is 0 Å². The summed E-state index contributed by atoms with van der Waals surface area (Å²) in [7, 11) is -3.67. The Hall–Kier alpha value is -1.87. The molecule has 1 aromatic heterocycles. The standard InChI is InChI=1S/C13H20N4O4S/c1-3-21-13(18)16-7-9-17(10-8-16)22(19,20)15-12-6-4-5-11(2)14-12/h4-6H,3,7-10H2,1-2H3,(H,14,15). The molecule has 0 aromatic carbocycles. The second kappa shape index (κ2) is 6.93. The summed E-state index contributed by atoms with van der Waals surface area (Å²) in [6.07, 6.45) is -0.409. The average molecular weight is 328 g/mol. The van der Waals surface area contributed by atoms with Gasteiger partial charge in [0.15, 0.2) is 0 Å². The lowest BCUT2D eigenvalue weighted by atomic mass is 10.4. The van der Waals surface area contributed by atoms with Crippen molar-refractivity contribution in [2.45, 2.75) is 13.8 Å². The lowest BCUT2D eigenvalue weighted by Gasteiger charge is -2.33. The van der Waals surface area contributed by atoms with Crippen molar-refractivity contribution in [1.29, 1.82) is 0 Å². The first-order chi connectivity index (χ1) is 10.4. The third-order valence-electron chi connectivity index (χ3n) is 3.23. The van der Waals surface area contributed by atoms with Crippen molar-refractivity contribution < 1.29 is 17.9 Å². The van der Waals surface area contributed by atoms with Gasteiger partial charge in [0.05, 0.1) is 6.61 Å². The quantitative estimate of drug-likeness (QED) is 0.883. The van der Waals surface area contributed by atoms with Crippen LogP contribution in [0.4, 0.5) is 10.6 Å². The van der Waals surface area contributed by atoms with Gasteiger partial charge >= 0.3 is 16.3 Å². The van der Waals surface area contributed by atoms with Crippen LogP contribution in [0.2, 0.25) is 0 Å². The number of hydrogen-bond acceptors (Lipinski definition) is 5. The highest BCUT2D eigenvalue weighted by Gasteiger charge is 2.29. The first kappa shape index (κ1) is 16.5. The Morgan fingerprint density at radius 2 is 2.00 bits per heavy atom. The maximum atomic E-state index is 12.3. The first-order valence-electron chi connectivity index (χ1n) is 7.05. The van der Waals surface area contributed by atoms with Gasteiger partial charge in [-0.15, -0.1) is 0 Å². The van der Waals surface area contributed by atoms with Crippen LogP contribution >= 0.6 is 0 Å². The molecule has 1 aromatic rings. The highest BCUT2D eigenvalue weighted by molar-refractivity contribution is 7.90. The Balaban J connectivity index is 1.96. The highest BCUT2D eigenvalue weighted by Crippen LogP contribution is 2.12. The fourth-order valence-electron chi connectivity index (χ4n) is 2.12. The molecule has 2 heterocycles. The highest BCUT2D eigenvalue weighted by atomic mass is 32.2. The molecule has 1 amide bonds. The molecule has 1 saturated heterocycles. The molecule has 0 spiro atoms. The second-order valence-corrected chi connectivity index (χ2v) is 6.53. The number of nitrogens with zero attached hydrogens (tertiary/aromatic N) is 3. The van der Waals surface area contributed by atoms with Crippen LogP contribution in [0.15, 0.2) is 18.2 Å². The van der Waals surface area contributed by atoms with Crippen LogP contribution < -0.4 is 4.72 Å². The molecule has 9 heteroatoms. The van der Waals surface area contributed by atoms with Crippen LogP contribution in [-0.2, 0) is 14.9 Å². The van der Waals surface area contributed by atoms with Gasteiger partial charge in [0.25, 0.3) is 0 Å². The molecule has 8 nitrogen and oxygen atoms in total. The van der Waals surface area contributed by atoms with Gasteiger partial charge in [0.2, 0.25) is 0 Å². The fourth-order valence-corrected chi connectivity index (χ4v) is 3.27. The predicted molar refractivity (Wildman–Crippen MR) is 81.7 cm³/mol. The van der Waals surface area contributed by atoms with Gasteiger partial charge in [-0.2, -0.15) is 12.7 Å². The van der Waals surface area contributed by atoms with E-state index in [2.05, 4.69) is 9.71 Å². The third-order valence-corrected chi connectivity index (χ3v) is 4.74. The number of pyridine rings is 1. The van der Waals surface area contributed by atoms with Crippen LogP contribution in [0.1, 0.15) is 12.6 Å². The smallest absolute Gasteiger partial charge is 0.409 e. The van der Waals surface area contributed by atoms with E-state index in [1.165, 1.54) is 9.21 Å². The van der Waals surface area contributed by atoms with Crippen molar-refractivity contribution in [3.05, 3.63) is 23.9 Å². The van der Waals surface area contributed by atoms with Crippen molar-refractivity contribution in [2.75, 3.05) is 37.5 Å². The van der Waals surface area contributed by atoms with Gasteiger partial charge in [0, 0.05) is 31.9 Å². The SMILES string of the molecule is CCOC(=O)N1CCN(S(=O)(=O)Nc2cccc(C)n2)CC1. The number of aromatic nitrogens is 1. The topological polar surface area (TPSA) is 91.8 Å². The van der Waals surface area contributed by atoms with E-state index < -0.39 is 16.3 Å². The van der Waals surface area contributed by atoms with E-state index in [0.717, 1.165) is 5.69 Å². The molecule has 122 valence electrons. The maximum absolute atomic E-state index is 12.3. The van der Waals surface area contributed by atoms with Gasteiger partial charge in [-0.3, -0.25) is 4.72 Å². The number of anilines is 1. The summed E-state index contributed by atoms with van der Waals surface area (Å²) in [5.41, 5.74) is 0.729. The van der Waals surface area contributed by atoms with Gasteiger partial charge in [-0.25, -0.2) is 9.78 Å². The van der Waals surface area contributed by atoms with Crippen molar-refractivity contribution in [2.24, 2.45) is 0 Å². The van der Waals surface area contributed by atoms with Gasteiger partial charge in [-0.1, -0.05) is 6.07 Å². The Kier molecular flexibility index (Phi) is 5.19. The molecule has 1 aliphatic heterocycles. The molecule has 22 heavy (non-hydrogen) atoms. The molecular formula is C13H20N4O4S. The summed E-state index contributed by atoms with van der Waals surface area (Å²) in [6, 6.07) is 5.12. The molecule has 0 saturated carbocycles. The number of hydrogen-bond donors (Lipinski definition) is 1. The summed E-state index contributed by atoms with van der Waals surface area (Å²) in [4.78, 5) is 17.2. The number of ether oxygens (including phenoxy) is 1. The molecule has 0 bridgehead atoms. The molecule has 0 unspecified atom stereocenters. The number of nitrogens with one attached hydrogen (secondary N) is 1. The number of amides is 1. The van der Waals surface area contributed by atoms with Gasteiger partial charge in [-0.05, 0) is 26.0 Å². The zero-order chi connectivity index (χ0) is 16.2. The largest absolute Gasteiger partial charge is 0.450 e. The average Bonchev–Trinajstić information content (AvgIpc) is 2.47. The van der Waals surface area contributed by atoms with E-state index in [9.17, 15) is 13.2 Å². The van der Waals surface area contributed by atoms with Crippen molar-refractivity contribution in [3.63, 3.8) is 0 Å². The second-order valence-electron chi connectivity index (χ2n) is 4.86. The maximum Gasteiger partial charge on any atom is 0.409 e. The molecule has 1 aliphatic rings. The molecular weight excluding hydrogens is 308 g/mol. The Morgan fingerprint density at radius 3 is 2.59 bits per heavy atom. The van der Waals surface area contributed by atoms with E-state index in [0.29, 0.717) is 19.7 Å². The van der Waals surface area contributed by atoms with Crippen molar-refractivity contribution in [3.8, 4) is 0 Å². The van der Waals surface area contributed by atoms with Gasteiger partial charge in [0.1, 0.15) is 5.82 Å². The summed E-state index contributed by atoms with van der Waals surface area (Å²) >= 11 is 0. The third kappa shape index (κ3) is 4.08.